The Morgan fingerprint density at radius 1 is 1.00 bits per heavy atom. The maximum atomic E-state index is 12.7. The van der Waals surface area contributed by atoms with Crippen LogP contribution >= 0.6 is 23.2 Å². The van der Waals surface area contributed by atoms with Crippen LogP contribution in [-0.4, -0.2) is 23.1 Å². The number of amides is 1. The van der Waals surface area contributed by atoms with Gasteiger partial charge in [0.2, 0.25) is 0 Å². The fraction of sp³-hybridized carbons (Fsp3) is 0.143. The van der Waals surface area contributed by atoms with Gasteiger partial charge in [0.25, 0.3) is 5.91 Å². The number of nitrogens with one attached hydrogen (secondary N) is 1. The van der Waals surface area contributed by atoms with E-state index in [1.807, 2.05) is 19.9 Å². The smallest absolute Gasteiger partial charge is 0.337 e. The number of rotatable bonds is 5. The number of benzene rings is 3. The van der Waals surface area contributed by atoms with E-state index in [9.17, 15) is 14.7 Å². The number of carboxylic acid groups (broad SMARTS) is 1. The molecule has 3 aromatic rings. The molecular formula is C21H17Cl2NO4. The van der Waals surface area contributed by atoms with Crippen molar-refractivity contribution in [1.29, 1.82) is 0 Å². The highest BCUT2D eigenvalue weighted by atomic mass is 35.5. The summed E-state index contributed by atoms with van der Waals surface area (Å²) in [5, 5.41) is 14.6. The first-order valence-electron chi connectivity index (χ1n) is 8.49. The SMILES string of the molecule is CC(C)Oc1cc(NC(=O)c2ccc3cc(Cl)ccc3c2)c(C(=O)O)cc1Cl. The molecule has 3 aromatic carbocycles. The largest absolute Gasteiger partial charge is 0.489 e. The number of aromatic carboxylic acids is 1. The normalized spacial score (nSPS) is 10.9. The quantitative estimate of drug-likeness (QED) is 0.542. The maximum Gasteiger partial charge on any atom is 0.337 e. The summed E-state index contributed by atoms with van der Waals surface area (Å²) in [4.78, 5) is 24.3. The molecule has 0 aliphatic rings. The molecule has 0 saturated heterocycles. The van der Waals surface area contributed by atoms with E-state index in [1.165, 1.54) is 12.1 Å². The van der Waals surface area contributed by atoms with Gasteiger partial charge in [0.1, 0.15) is 5.75 Å². The molecule has 0 fully saturated rings. The molecule has 0 heterocycles. The van der Waals surface area contributed by atoms with E-state index in [2.05, 4.69) is 5.32 Å². The van der Waals surface area contributed by atoms with Crippen LogP contribution in [0, 0.1) is 0 Å². The summed E-state index contributed by atoms with van der Waals surface area (Å²) in [5.74, 6) is -1.36. The zero-order chi connectivity index (χ0) is 20.4. The maximum absolute atomic E-state index is 12.7. The van der Waals surface area contributed by atoms with Crippen LogP contribution in [-0.2, 0) is 0 Å². The fourth-order valence-corrected chi connectivity index (χ4v) is 3.12. The van der Waals surface area contributed by atoms with Gasteiger partial charge in [-0.1, -0.05) is 35.3 Å². The van der Waals surface area contributed by atoms with Crippen molar-refractivity contribution in [3.63, 3.8) is 0 Å². The lowest BCUT2D eigenvalue weighted by Crippen LogP contribution is -2.15. The van der Waals surface area contributed by atoms with E-state index >= 15 is 0 Å². The zero-order valence-electron chi connectivity index (χ0n) is 15.1. The van der Waals surface area contributed by atoms with Gasteiger partial charge < -0.3 is 15.2 Å². The van der Waals surface area contributed by atoms with E-state index in [0.29, 0.717) is 16.3 Å². The van der Waals surface area contributed by atoms with Crippen LogP contribution in [0.3, 0.4) is 0 Å². The Morgan fingerprint density at radius 3 is 2.36 bits per heavy atom. The summed E-state index contributed by atoms with van der Waals surface area (Å²) in [6.07, 6.45) is -0.163. The topological polar surface area (TPSA) is 75.6 Å². The second kappa shape index (κ2) is 8.09. The fourth-order valence-electron chi connectivity index (χ4n) is 2.73. The number of hydrogen-bond donors (Lipinski definition) is 2. The molecule has 0 saturated carbocycles. The van der Waals surface area contributed by atoms with Gasteiger partial charge in [-0.3, -0.25) is 4.79 Å². The minimum absolute atomic E-state index is 0.105. The van der Waals surface area contributed by atoms with Crippen molar-refractivity contribution >= 4 is 51.5 Å². The number of carboxylic acids is 1. The van der Waals surface area contributed by atoms with Crippen molar-refractivity contribution < 1.29 is 19.4 Å². The zero-order valence-corrected chi connectivity index (χ0v) is 16.6. The third-order valence-corrected chi connectivity index (χ3v) is 4.51. The molecule has 1 amide bonds. The Labute approximate surface area is 171 Å². The summed E-state index contributed by atoms with van der Waals surface area (Å²) < 4.78 is 5.59. The Hall–Kier alpha value is -2.76. The number of fused-ring (bicyclic) bond motifs is 1. The molecule has 2 N–H and O–H groups in total. The van der Waals surface area contributed by atoms with Gasteiger partial charge in [0.05, 0.1) is 22.4 Å². The van der Waals surface area contributed by atoms with Gasteiger partial charge >= 0.3 is 5.97 Å². The Balaban J connectivity index is 1.96. The molecule has 0 atom stereocenters. The molecule has 28 heavy (non-hydrogen) atoms. The minimum Gasteiger partial charge on any atom is -0.489 e. The molecule has 0 spiro atoms. The lowest BCUT2D eigenvalue weighted by molar-refractivity contribution is 0.0698. The van der Waals surface area contributed by atoms with Crippen molar-refractivity contribution in [3.8, 4) is 5.75 Å². The van der Waals surface area contributed by atoms with Crippen molar-refractivity contribution in [1.82, 2.24) is 0 Å². The molecule has 5 nitrogen and oxygen atoms in total. The van der Waals surface area contributed by atoms with Gasteiger partial charge in [-0.15, -0.1) is 0 Å². The highest BCUT2D eigenvalue weighted by Gasteiger charge is 2.18. The van der Waals surface area contributed by atoms with Crippen molar-refractivity contribution in [2.75, 3.05) is 5.32 Å². The summed E-state index contributed by atoms with van der Waals surface area (Å²) >= 11 is 12.1. The monoisotopic (exact) mass is 417 g/mol. The minimum atomic E-state index is -1.21. The lowest BCUT2D eigenvalue weighted by Gasteiger charge is -2.15. The van der Waals surface area contributed by atoms with Crippen LogP contribution in [0.4, 0.5) is 5.69 Å². The average Bonchev–Trinajstić information content (AvgIpc) is 2.63. The summed E-state index contributed by atoms with van der Waals surface area (Å²) in [6, 6.07) is 13.2. The van der Waals surface area contributed by atoms with Gasteiger partial charge in [-0.25, -0.2) is 4.79 Å². The number of anilines is 1. The predicted molar refractivity (Wildman–Crippen MR) is 111 cm³/mol. The number of hydrogen-bond acceptors (Lipinski definition) is 3. The first kappa shape index (κ1) is 20.0. The van der Waals surface area contributed by atoms with Gasteiger partial charge in [-0.05, 0) is 55.0 Å². The Kier molecular flexibility index (Phi) is 5.77. The van der Waals surface area contributed by atoms with Crippen molar-refractivity contribution in [3.05, 3.63) is 69.7 Å². The van der Waals surface area contributed by atoms with Crippen LogP contribution in [0.15, 0.2) is 48.5 Å². The van der Waals surface area contributed by atoms with E-state index in [1.54, 1.807) is 30.3 Å². The molecule has 3 rings (SSSR count). The number of carbonyl (C=O) groups excluding carboxylic acids is 1. The lowest BCUT2D eigenvalue weighted by atomic mass is 10.1. The Bertz CT molecular complexity index is 1080. The van der Waals surface area contributed by atoms with E-state index in [4.69, 9.17) is 27.9 Å². The molecule has 0 aliphatic carbocycles. The first-order chi connectivity index (χ1) is 13.2. The van der Waals surface area contributed by atoms with Gasteiger partial charge in [0.15, 0.2) is 0 Å². The van der Waals surface area contributed by atoms with Crippen LogP contribution in [0.5, 0.6) is 5.75 Å². The number of ether oxygens (including phenoxy) is 1. The molecule has 144 valence electrons. The number of halogens is 2. The van der Waals surface area contributed by atoms with Crippen LogP contribution in [0.2, 0.25) is 10.0 Å². The van der Waals surface area contributed by atoms with Crippen LogP contribution in [0.25, 0.3) is 10.8 Å². The second-order valence-corrected chi connectivity index (χ2v) is 7.30. The standard InChI is InChI=1S/C21H17Cl2NO4/c1-11(2)28-19-10-18(16(21(26)27)9-17(19)23)24-20(25)14-4-3-13-8-15(22)6-5-12(13)7-14/h3-11H,1-2H3,(H,24,25)(H,26,27). The number of carbonyl (C=O) groups is 2. The predicted octanol–water partition coefficient (Wildman–Crippen LogP) is 5.88. The highest BCUT2D eigenvalue weighted by molar-refractivity contribution is 6.32. The molecule has 7 heteroatoms. The van der Waals surface area contributed by atoms with Crippen molar-refractivity contribution in [2.24, 2.45) is 0 Å². The van der Waals surface area contributed by atoms with Gasteiger partial charge in [0, 0.05) is 16.7 Å². The molecule has 0 radical (unpaired) electrons. The molecule has 0 aliphatic heterocycles. The Morgan fingerprint density at radius 2 is 1.68 bits per heavy atom. The second-order valence-electron chi connectivity index (χ2n) is 6.46. The van der Waals surface area contributed by atoms with E-state index < -0.39 is 11.9 Å². The average molecular weight is 418 g/mol. The van der Waals surface area contributed by atoms with E-state index in [-0.39, 0.29) is 22.4 Å². The molecular weight excluding hydrogens is 401 g/mol. The third-order valence-electron chi connectivity index (χ3n) is 3.98. The molecule has 0 unspecified atom stereocenters. The van der Waals surface area contributed by atoms with Crippen molar-refractivity contribution in [2.45, 2.75) is 20.0 Å². The summed E-state index contributed by atoms with van der Waals surface area (Å²) in [6.45, 7) is 3.64. The summed E-state index contributed by atoms with van der Waals surface area (Å²) in [5.41, 5.74) is 0.364. The summed E-state index contributed by atoms with van der Waals surface area (Å²) in [7, 11) is 0. The van der Waals surface area contributed by atoms with E-state index in [0.717, 1.165) is 10.8 Å². The first-order valence-corrected chi connectivity index (χ1v) is 9.24. The third kappa shape index (κ3) is 4.38. The highest BCUT2D eigenvalue weighted by Crippen LogP contribution is 2.32. The molecule has 0 aromatic heterocycles. The van der Waals surface area contributed by atoms with Crippen LogP contribution < -0.4 is 10.1 Å². The van der Waals surface area contributed by atoms with Crippen LogP contribution in [0.1, 0.15) is 34.6 Å². The molecule has 0 bridgehead atoms. The van der Waals surface area contributed by atoms with Gasteiger partial charge in [-0.2, -0.15) is 0 Å².